The van der Waals surface area contributed by atoms with E-state index < -0.39 is 0 Å². The van der Waals surface area contributed by atoms with E-state index in [0.29, 0.717) is 24.2 Å². The molecule has 124 valence electrons. The van der Waals surface area contributed by atoms with Crippen LogP contribution in [-0.2, 0) is 11.3 Å². The molecule has 6 heteroatoms. The van der Waals surface area contributed by atoms with E-state index in [-0.39, 0.29) is 17.6 Å². The molecule has 3 rings (SSSR count). The number of benzene rings is 1. The molecule has 1 aliphatic heterocycles. The number of nitrogens with one attached hydrogen (secondary N) is 2. The zero-order valence-electron chi connectivity index (χ0n) is 13.5. The second kappa shape index (κ2) is 6.70. The van der Waals surface area contributed by atoms with Gasteiger partial charge in [-0.25, -0.2) is 0 Å². The number of rotatable bonds is 5. The van der Waals surface area contributed by atoms with Crippen molar-refractivity contribution in [3.63, 3.8) is 0 Å². The summed E-state index contributed by atoms with van der Waals surface area (Å²) < 4.78 is 0. The van der Waals surface area contributed by atoms with Gasteiger partial charge >= 0.3 is 0 Å². The summed E-state index contributed by atoms with van der Waals surface area (Å²) in [4.78, 5) is 39.6. The predicted octanol–water partition coefficient (Wildman–Crippen LogP) is 2.27. The maximum Gasteiger partial charge on any atom is 0.267 e. The maximum absolute atomic E-state index is 12.1. The Labute approximate surface area is 139 Å². The van der Waals surface area contributed by atoms with E-state index in [1.165, 1.54) is 13.1 Å². The minimum atomic E-state index is -0.263. The Morgan fingerprint density at radius 3 is 2.58 bits per heavy atom. The Hall–Kier alpha value is -2.89. The SMILES string of the molecule is CC(=O)c1c[nH]c(C(=O)NCc2ccc(N3CCCC3=O)cc2)c1. The largest absolute Gasteiger partial charge is 0.356 e. The van der Waals surface area contributed by atoms with Crippen molar-refractivity contribution in [1.29, 1.82) is 0 Å². The monoisotopic (exact) mass is 325 g/mol. The second-order valence-electron chi connectivity index (χ2n) is 5.86. The van der Waals surface area contributed by atoms with E-state index in [0.717, 1.165) is 24.2 Å². The molecule has 2 N–H and O–H groups in total. The fourth-order valence-corrected chi connectivity index (χ4v) is 2.72. The molecule has 0 atom stereocenters. The van der Waals surface area contributed by atoms with E-state index in [1.54, 1.807) is 11.0 Å². The number of ketones is 1. The normalized spacial score (nSPS) is 14.0. The quantitative estimate of drug-likeness (QED) is 0.827. The number of amides is 2. The third-order valence-corrected chi connectivity index (χ3v) is 4.11. The Bertz CT molecular complexity index is 777. The van der Waals surface area contributed by atoms with Gasteiger partial charge in [0.2, 0.25) is 5.91 Å². The molecule has 0 aliphatic carbocycles. The second-order valence-corrected chi connectivity index (χ2v) is 5.86. The number of carbonyl (C=O) groups excluding carboxylic acids is 3. The molecule has 1 aromatic heterocycles. The summed E-state index contributed by atoms with van der Waals surface area (Å²) in [5, 5.41) is 2.80. The first kappa shape index (κ1) is 16.0. The number of carbonyl (C=O) groups is 3. The highest BCUT2D eigenvalue weighted by Crippen LogP contribution is 2.21. The van der Waals surface area contributed by atoms with E-state index in [2.05, 4.69) is 10.3 Å². The van der Waals surface area contributed by atoms with Crippen molar-refractivity contribution in [2.24, 2.45) is 0 Å². The number of hydrogen-bond acceptors (Lipinski definition) is 3. The molecule has 1 aromatic carbocycles. The lowest BCUT2D eigenvalue weighted by atomic mass is 10.2. The molecule has 0 unspecified atom stereocenters. The smallest absolute Gasteiger partial charge is 0.267 e. The lowest BCUT2D eigenvalue weighted by molar-refractivity contribution is -0.117. The topological polar surface area (TPSA) is 82.3 Å². The number of aromatic amines is 1. The molecular formula is C18H19N3O3. The van der Waals surface area contributed by atoms with Gasteiger partial charge in [0, 0.05) is 37.0 Å². The van der Waals surface area contributed by atoms with Crippen molar-refractivity contribution in [1.82, 2.24) is 10.3 Å². The molecule has 24 heavy (non-hydrogen) atoms. The zero-order valence-corrected chi connectivity index (χ0v) is 13.5. The van der Waals surface area contributed by atoms with Gasteiger partial charge in [-0.1, -0.05) is 12.1 Å². The molecule has 2 aromatic rings. The van der Waals surface area contributed by atoms with Crippen molar-refractivity contribution < 1.29 is 14.4 Å². The molecule has 6 nitrogen and oxygen atoms in total. The first-order valence-corrected chi connectivity index (χ1v) is 7.91. The van der Waals surface area contributed by atoms with Crippen LogP contribution in [-0.4, -0.2) is 29.1 Å². The highest BCUT2D eigenvalue weighted by molar-refractivity contribution is 5.99. The minimum absolute atomic E-state index is 0.0858. The lowest BCUT2D eigenvalue weighted by Gasteiger charge is -2.16. The van der Waals surface area contributed by atoms with E-state index in [4.69, 9.17) is 0 Å². The summed E-state index contributed by atoms with van der Waals surface area (Å²) in [6.07, 6.45) is 3.03. The Kier molecular flexibility index (Phi) is 4.46. The van der Waals surface area contributed by atoms with E-state index >= 15 is 0 Å². The lowest BCUT2D eigenvalue weighted by Crippen LogP contribution is -2.24. The fraction of sp³-hybridized carbons (Fsp3) is 0.278. The molecule has 1 aliphatic rings. The van der Waals surface area contributed by atoms with Crippen LogP contribution in [0.15, 0.2) is 36.5 Å². The first-order valence-electron chi connectivity index (χ1n) is 7.91. The van der Waals surface area contributed by atoms with Crippen molar-refractivity contribution >= 4 is 23.3 Å². The van der Waals surface area contributed by atoms with Gasteiger partial charge in [0.25, 0.3) is 5.91 Å². The van der Waals surface area contributed by atoms with Crippen molar-refractivity contribution in [2.45, 2.75) is 26.3 Å². The number of anilines is 1. The number of Topliss-reactive ketones (excluding diaryl/α,β-unsaturated/α-hetero) is 1. The van der Waals surface area contributed by atoms with Gasteiger partial charge in [0.1, 0.15) is 5.69 Å². The molecule has 1 fully saturated rings. The zero-order chi connectivity index (χ0) is 17.1. The van der Waals surface area contributed by atoms with Crippen LogP contribution in [0, 0.1) is 0 Å². The molecule has 0 saturated carbocycles. The Morgan fingerprint density at radius 1 is 1.25 bits per heavy atom. The molecular weight excluding hydrogens is 306 g/mol. The summed E-state index contributed by atoms with van der Waals surface area (Å²) >= 11 is 0. The summed E-state index contributed by atoms with van der Waals surface area (Å²) in [5.41, 5.74) is 2.68. The fourth-order valence-electron chi connectivity index (χ4n) is 2.72. The Morgan fingerprint density at radius 2 is 2.00 bits per heavy atom. The van der Waals surface area contributed by atoms with Crippen LogP contribution in [0.25, 0.3) is 0 Å². The molecule has 2 heterocycles. The molecule has 2 amide bonds. The van der Waals surface area contributed by atoms with Crippen molar-refractivity contribution in [2.75, 3.05) is 11.4 Å². The van der Waals surface area contributed by atoms with Crippen LogP contribution in [0.3, 0.4) is 0 Å². The standard InChI is InChI=1S/C18H19N3O3/c1-12(22)14-9-16(19-11-14)18(24)20-10-13-4-6-15(7-5-13)21-8-2-3-17(21)23/h4-7,9,11,19H,2-3,8,10H2,1H3,(H,20,24). The van der Waals surface area contributed by atoms with Crippen molar-refractivity contribution in [3.8, 4) is 0 Å². The van der Waals surface area contributed by atoms with Crippen LogP contribution >= 0.6 is 0 Å². The van der Waals surface area contributed by atoms with Gasteiger partial charge in [-0.15, -0.1) is 0 Å². The maximum atomic E-state index is 12.1. The number of hydrogen-bond donors (Lipinski definition) is 2. The third-order valence-electron chi connectivity index (χ3n) is 4.11. The average Bonchev–Trinajstić information content (AvgIpc) is 3.22. The summed E-state index contributed by atoms with van der Waals surface area (Å²) in [6.45, 7) is 2.60. The van der Waals surface area contributed by atoms with E-state index in [1.807, 2.05) is 24.3 Å². The third kappa shape index (κ3) is 3.37. The summed E-state index contributed by atoms with van der Waals surface area (Å²) in [5.74, 6) is -0.192. The number of aromatic nitrogens is 1. The number of nitrogens with zero attached hydrogens (tertiary/aromatic N) is 1. The Balaban J connectivity index is 1.59. The van der Waals surface area contributed by atoms with Gasteiger partial charge in [0.05, 0.1) is 0 Å². The average molecular weight is 325 g/mol. The summed E-state index contributed by atoms with van der Waals surface area (Å²) in [7, 11) is 0. The number of H-pyrrole nitrogens is 1. The molecule has 1 saturated heterocycles. The summed E-state index contributed by atoms with van der Waals surface area (Å²) in [6, 6.07) is 9.13. The van der Waals surface area contributed by atoms with Crippen molar-refractivity contribution in [3.05, 3.63) is 53.3 Å². The van der Waals surface area contributed by atoms with Crippen LogP contribution < -0.4 is 10.2 Å². The van der Waals surface area contributed by atoms with Gasteiger partial charge in [0.15, 0.2) is 5.78 Å². The van der Waals surface area contributed by atoms with E-state index in [9.17, 15) is 14.4 Å². The van der Waals surface area contributed by atoms with Crippen LogP contribution in [0.1, 0.15) is 46.2 Å². The van der Waals surface area contributed by atoms with Gasteiger partial charge in [-0.2, -0.15) is 0 Å². The first-order chi connectivity index (χ1) is 11.5. The highest BCUT2D eigenvalue weighted by atomic mass is 16.2. The predicted molar refractivity (Wildman–Crippen MR) is 90.0 cm³/mol. The molecule has 0 spiro atoms. The minimum Gasteiger partial charge on any atom is -0.356 e. The van der Waals surface area contributed by atoms with Gasteiger partial charge in [-0.05, 0) is 37.1 Å². The van der Waals surface area contributed by atoms with Crippen LogP contribution in [0.5, 0.6) is 0 Å². The molecule has 0 radical (unpaired) electrons. The van der Waals surface area contributed by atoms with Gasteiger partial charge in [-0.3, -0.25) is 14.4 Å². The van der Waals surface area contributed by atoms with Crippen LogP contribution in [0.4, 0.5) is 5.69 Å². The highest BCUT2D eigenvalue weighted by Gasteiger charge is 2.21. The van der Waals surface area contributed by atoms with Crippen LogP contribution in [0.2, 0.25) is 0 Å². The molecule has 0 bridgehead atoms. The van der Waals surface area contributed by atoms with Gasteiger partial charge < -0.3 is 15.2 Å².